The van der Waals surface area contributed by atoms with E-state index in [1.54, 1.807) is 0 Å². The van der Waals surface area contributed by atoms with E-state index in [1.165, 1.54) is 0 Å². The van der Waals surface area contributed by atoms with Crippen LogP contribution >= 0.6 is 24.4 Å². The lowest BCUT2D eigenvalue weighted by atomic mass is 9.98. The molecule has 0 bridgehead atoms. The van der Waals surface area contributed by atoms with Gasteiger partial charge in [-0.05, 0) is 24.4 Å². The number of hydrazine groups is 2. The molecule has 180 valence electrons. The molecule has 0 aromatic carbocycles. The Balaban J connectivity index is 2.06. The molecule has 2 aliphatic rings. The second-order valence-corrected chi connectivity index (χ2v) is 7.54. The number of hydrogen-bond acceptors (Lipinski definition) is 14. The van der Waals surface area contributed by atoms with Gasteiger partial charge in [0.1, 0.15) is 55.4 Å². The number of ether oxygens (including phenoxy) is 4. The Morgan fingerprint density at radius 2 is 1.29 bits per heavy atom. The number of rotatable bonds is 6. The second-order valence-electron chi connectivity index (χ2n) is 6.76. The number of nitrogens with one attached hydrogen (secondary N) is 3. The summed E-state index contributed by atoms with van der Waals surface area (Å²) in [5.41, 5.74) is 4.22. The monoisotopic (exact) mass is 489 g/mol. The topological polar surface area (TPSA) is 246 Å². The fourth-order valence-corrected chi connectivity index (χ4v) is 3.09. The van der Waals surface area contributed by atoms with Crippen LogP contribution in [0.5, 0.6) is 0 Å². The number of thiocarbonyl (C=S) groups is 2. The summed E-state index contributed by atoms with van der Waals surface area (Å²) in [6.07, 6.45) is -15.5. The quantitative estimate of drug-likeness (QED) is 0.0943. The van der Waals surface area contributed by atoms with E-state index in [9.17, 15) is 30.6 Å². The van der Waals surface area contributed by atoms with Crippen molar-refractivity contribution in [2.24, 2.45) is 11.7 Å². The van der Waals surface area contributed by atoms with Gasteiger partial charge in [-0.15, -0.1) is 0 Å². The molecule has 31 heavy (non-hydrogen) atoms. The van der Waals surface area contributed by atoms with E-state index >= 15 is 0 Å². The van der Waals surface area contributed by atoms with Gasteiger partial charge in [0.05, 0.1) is 0 Å². The summed E-state index contributed by atoms with van der Waals surface area (Å²) in [6.45, 7) is -0.484. The molecule has 0 aromatic rings. The number of nitrogens with two attached hydrogens (primary N) is 2. The van der Waals surface area contributed by atoms with E-state index in [4.69, 9.17) is 55.1 Å². The van der Waals surface area contributed by atoms with Crippen molar-refractivity contribution in [1.29, 1.82) is 0 Å². The normalized spacial score (nSPS) is 40.6. The fraction of sp³-hybridized carbons (Fsp3) is 0.857. The highest BCUT2D eigenvalue weighted by molar-refractivity contribution is 7.80. The zero-order valence-electron chi connectivity index (χ0n) is 16.0. The van der Waals surface area contributed by atoms with Gasteiger partial charge in [0.15, 0.2) is 17.7 Å². The average molecular weight is 490 g/mol. The molecule has 10 atom stereocenters. The highest BCUT2D eigenvalue weighted by Gasteiger charge is 2.49. The van der Waals surface area contributed by atoms with Gasteiger partial charge in [-0.2, -0.15) is 0 Å². The molecule has 0 aromatic heterocycles. The van der Waals surface area contributed by atoms with E-state index in [2.05, 4.69) is 16.2 Å². The highest BCUT2D eigenvalue weighted by atomic mass is 32.1. The van der Waals surface area contributed by atoms with Crippen molar-refractivity contribution >= 4 is 34.7 Å². The van der Waals surface area contributed by atoms with E-state index in [0.717, 1.165) is 0 Å². The van der Waals surface area contributed by atoms with Crippen LogP contribution in [0.3, 0.4) is 0 Å². The van der Waals surface area contributed by atoms with Crippen molar-refractivity contribution < 1.29 is 49.6 Å². The van der Waals surface area contributed by atoms with Crippen LogP contribution < -0.4 is 27.9 Å². The van der Waals surface area contributed by atoms with Crippen molar-refractivity contribution in [3.63, 3.8) is 0 Å². The zero-order valence-corrected chi connectivity index (χ0v) is 17.6. The Hall–Kier alpha value is -1.06. The summed E-state index contributed by atoms with van der Waals surface area (Å²) in [7, 11) is 0. The van der Waals surface area contributed by atoms with Gasteiger partial charge in [-0.25, -0.2) is 11.7 Å². The smallest absolute Gasteiger partial charge is 0.271 e. The molecule has 0 saturated carbocycles. The van der Waals surface area contributed by atoms with E-state index in [-0.39, 0.29) is 23.4 Å². The molecule has 0 radical (unpaired) electrons. The molecule has 13 N–H and O–H groups in total. The first-order valence-corrected chi connectivity index (χ1v) is 9.85. The standard InChI is InChI=1S/C14H27N5O10S2/c15-18-13(30)17-1-3-5(20)7(22)9(24)11(27-3)29-12-10(25)8(23)6(21)4(28-12)2-26-14(31)19-16/h3-12,20-25H,1-2,15-16H2,(H,19,31)(H2,17,18,30)/t3?,4?,5-,6-,7+,8+,9?,10?,11-,12-/m1/s1. The molecule has 0 spiro atoms. The fourth-order valence-electron chi connectivity index (χ4n) is 2.94. The average Bonchev–Trinajstić information content (AvgIpc) is 2.77. The summed E-state index contributed by atoms with van der Waals surface area (Å²) < 4.78 is 21.3. The van der Waals surface area contributed by atoms with Gasteiger partial charge in [-0.3, -0.25) is 5.43 Å². The third kappa shape index (κ3) is 6.48. The summed E-state index contributed by atoms with van der Waals surface area (Å²) in [4.78, 5) is 0. The molecule has 0 aliphatic carbocycles. The first-order valence-electron chi connectivity index (χ1n) is 9.03. The van der Waals surface area contributed by atoms with Crippen LogP contribution in [-0.4, -0.2) is 115 Å². The maximum absolute atomic E-state index is 10.2. The summed E-state index contributed by atoms with van der Waals surface area (Å²) >= 11 is 9.52. The van der Waals surface area contributed by atoms with Crippen LogP contribution in [0.15, 0.2) is 0 Å². The lowest BCUT2D eigenvalue weighted by molar-refractivity contribution is -0.374. The molecule has 2 heterocycles. The van der Waals surface area contributed by atoms with E-state index in [1.807, 2.05) is 0 Å². The Bertz CT molecular complexity index is 574. The van der Waals surface area contributed by atoms with Gasteiger partial charge in [0.25, 0.3) is 5.17 Å². The van der Waals surface area contributed by atoms with Crippen molar-refractivity contribution in [2.75, 3.05) is 13.2 Å². The maximum atomic E-state index is 10.2. The Morgan fingerprint density at radius 3 is 1.81 bits per heavy atom. The second kappa shape index (κ2) is 11.7. The molecule has 2 rings (SSSR count). The van der Waals surface area contributed by atoms with Crippen molar-refractivity contribution in [3.8, 4) is 0 Å². The summed E-state index contributed by atoms with van der Waals surface area (Å²) in [6, 6.07) is 0. The van der Waals surface area contributed by atoms with Crippen molar-refractivity contribution in [2.45, 2.75) is 61.4 Å². The molecule has 17 heteroatoms. The van der Waals surface area contributed by atoms with Gasteiger partial charge in [0, 0.05) is 6.54 Å². The third-order valence-electron chi connectivity index (χ3n) is 4.70. The van der Waals surface area contributed by atoms with Gasteiger partial charge < -0.3 is 60.3 Å². The lowest BCUT2D eigenvalue weighted by Gasteiger charge is -2.45. The number of aliphatic hydroxyl groups is 6. The number of aliphatic hydroxyl groups excluding tert-OH is 6. The van der Waals surface area contributed by atoms with Gasteiger partial charge >= 0.3 is 0 Å². The minimum absolute atomic E-state index is 0.0322. The molecule has 15 nitrogen and oxygen atoms in total. The SMILES string of the molecule is NNC(=S)NCC1O[C@H](O[C@H]2OC(COC(=S)NN)[C@@H](O)[C@H](O)C2O)C(O)[C@@H](O)[C@@H]1O. The van der Waals surface area contributed by atoms with Crippen LogP contribution in [0.4, 0.5) is 0 Å². The van der Waals surface area contributed by atoms with Crippen LogP contribution in [0.1, 0.15) is 0 Å². The zero-order chi connectivity index (χ0) is 23.3. The van der Waals surface area contributed by atoms with Crippen LogP contribution in [0.2, 0.25) is 0 Å². The number of hydrogen-bond donors (Lipinski definition) is 11. The Kier molecular flexibility index (Phi) is 9.89. The third-order valence-corrected chi connectivity index (χ3v) is 5.19. The highest BCUT2D eigenvalue weighted by Crippen LogP contribution is 2.28. The predicted molar refractivity (Wildman–Crippen MR) is 108 cm³/mol. The lowest BCUT2D eigenvalue weighted by Crippen LogP contribution is -2.64. The molecular weight excluding hydrogens is 462 g/mol. The maximum Gasteiger partial charge on any atom is 0.271 e. The van der Waals surface area contributed by atoms with Crippen molar-refractivity contribution in [3.05, 3.63) is 0 Å². The summed E-state index contributed by atoms with van der Waals surface area (Å²) in [5, 5.41) is 63.2. The van der Waals surface area contributed by atoms with Crippen molar-refractivity contribution in [1.82, 2.24) is 16.2 Å². The molecule has 4 unspecified atom stereocenters. The Morgan fingerprint density at radius 1 is 0.774 bits per heavy atom. The van der Waals surface area contributed by atoms with Gasteiger partial charge in [0.2, 0.25) is 0 Å². The molecule has 2 saturated heterocycles. The predicted octanol–water partition coefficient (Wildman–Crippen LogP) is -6.28. The molecule has 0 amide bonds. The molecular formula is C14H27N5O10S2. The first kappa shape index (κ1) is 26.2. The summed E-state index contributed by atoms with van der Waals surface area (Å²) in [5.74, 6) is 10.2. The Labute approximate surface area is 187 Å². The molecule has 2 fully saturated rings. The van der Waals surface area contributed by atoms with E-state index < -0.39 is 61.4 Å². The minimum atomic E-state index is -1.75. The minimum Gasteiger partial charge on any atom is -0.467 e. The molecule has 2 aliphatic heterocycles. The van der Waals surface area contributed by atoms with Crippen LogP contribution in [0, 0.1) is 0 Å². The van der Waals surface area contributed by atoms with Crippen LogP contribution in [-0.2, 0) is 18.9 Å². The van der Waals surface area contributed by atoms with Gasteiger partial charge in [-0.1, -0.05) is 0 Å². The van der Waals surface area contributed by atoms with Crippen LogP contribution in [0.25, 0.3) is 0 Å². The first-order chi connectivity index (χ1) is 14.6. The largest absolute Gasteiger partial charge is 0.467 e. The van der Waals surface area contributed by atoms with E-state index in [0.29, 0.717) is 0 Å².